The van der Waals surface area contributed by atoms with E-state index in [1.807, 2.05) is 36.4 Å². The number of benzene rings is 3. The molecule has 0 fully saturated rings. The Kier molecular flexibility index (Phi) is 6.38. The van der Waals surface area contributed by atoms with E-state index in [1.54, 1.807) is 49.7 Å². The molecular weight excluding hydrogens is 436 g/mol. The zero-order valence-corrected chi connectivity index (χ0v) is 18.6. The van der Waals surface area contributed by atoms with Gasteiger partial charge in [0.05, 0.1) is 12.0 Å². The first kappa shape index (κ1) is 22.1. The van der Waals surface area contributed by atoms with Gasteiger partial charge in [0.15, 0.2) is 0 Å². The van der Waals surface area contributed by atoms with Crippen molar-refractivity contribution in [3.05, 3.63) is 101 Å². The molecule has 6 nitrogen and oxygen atoms in total. The highest BCUT2D eigenvalue weighted by Gasteiger charge is 2.20. The minimum atomic E-state index is -3.93. The van der Waals surface area contributed by atoms with Gasteiger partial charge in [0, 0.05) is 17.1 Å². The molecule has 0 N–H and O–H groups in total. The van der Waals surface area contributed by atoms with Crippen molar-refractivity contribution < 1.29 is 17.9 Å². The van der Waals surface area contributed by atoms with Crippen LogP contribution in [-0.4, -0.2) is 20.5 Å². The normalized spacial score (nSPS) is 11.7. The fourth-order valence-electron chi connectivity index (χ4n) is 3.40. The Balaban J connectivity index is 1.66. The number of ether oxygens (including phenoxy) is 2. The summed E-state index contributed by atoms with van der Waals surface area (Å²) in [5.41, 5.74) is 1.99. The van der Waals surface area contributed by atoms with Crippen molar-refractivity contribution in [2.45, 2.75) is 11.5 Å². The number of fused-ring (bicyclic) bond motifs is 1. The summed E-state index contributed by atoms with van der Waals surface area (Å²) in [6.07, 6.45) is 3.06. The zero-order valence-electron chi connectivity index (χ0n) is 17.8. The van der Waals surface area contributed by atoms with E-state index in [9.17, 15) is 13.7 Å². The summed E-state index contributed by atoms with van der Waals surface area (Å²) in [6.45, 7) is 0.174. The zero-order chi connectivity index (χ0) is 23.3. The number of methoxy groups -OCH3 is 1. The van der Waals surface area contributed by atoms with Crippen LogP contribution in [0.2, 0.25) is 0 Å². The number of hydrogen-bond donors (Lipinski definition) is 0. The average Bonchev–Trinajstić information content (AvgIpc) is 2.86. The van der Waals surface area contributed by atoms with Crippen LogP contribution in [0.25, 0.3) is 17.0 Å². The fourth-order valence-corrected chi connectivity index (χ4v) is 4.58. The second-order valence-corrected chi connectivity index (χ2v) is 9.05. The Morgan fingerprint density at radius 2 is 1.79 bits per heavy atom. The summed E-state index contributed by atoms with van der Waals surface area (Å²) in [4.78, 5) is 4.12. The summed E-state index contributed by atoms with van der Waals surface area (Å²) in [5, 5.41) is 10.5. The summed E-state index contributed by atoms with van der Waals surface area (Å²) in [6, 6.07) is 24.4. The number of para-hydroxylation sites is 1. The van der Waals surface area contributed by atoms with Gasteiger partial charge >= 0.3 is 0 Å². The first-order chi connectivity index (χ1) is 16.0. The molecule has 0 saturated heterocycles. The number of pyridine rings is 1. The van der Waals surface area contributed by atoms with Crippen molar-refractivity contribution in [1.82, 2.24) is 4.98 Å². The van der Waals surface area contributed by atoms with Crippen molar-refractivity contribution in [2.75, 3.05) is 7.11 Å². The van der Waals surface area contributed by atoms with Gasteiger partial charge in [0.2, 0.25) is 9.84 Å². The highest BCUT2D eigenvalue weighted by Crippen LogP contribution is 2.28. The van der Waals surface area contributed by atoms with Gasteiger partial charge in [0.25, 0.3) is 0 Å². The molecule has 4 aromatic rings. The molecule has 0 aliphatic rings. The van der Waals surface area contributed by atoms with Crippen molar-refractivity contribution in [3.8, 4) is 17.6 Å². The molecule has 1 heterocycles. The van der Waals surface area contributed by atoms with Gasteiger partial charge < -0.3 is 9.47 Å². The molecule has 0 aliphatic heterocycles. The van der Waals surface area contributed by atoms with Crippen LogP contribution in [0.15, 0.2) is 94.9 Å². The Morgan fingerprint density at radius 1 is 1.00 bits per heavy atom. The largest absolute Gasteiger partial charge is 0.496 e. The standard InChI is InChI=1S/C26H20N2O4S/c1-31-24-13-12-19(16-23(17-27)33(29,30)22-9-3-2-4-10-22)15-21(24)18-32-25-11-5-7-20-8-6-14-28-26(20)25/h2-16H,18H2,1H3/b23-16+. The predicted octanol–water partition coefficient (Wildman–Crippen LogP) is 5.16. The summed E-state index contributed by atoms with van der Waals surface area (Å²) < 4.78 is 37.2. The number of aromatic nitrogens is 1. The maximum Gasteiger partial charge on any atom is 0.216 e. The maximum absolute atomic E-state index is 12.9. The van der Waals surface area contributed by atoms with Crippen LogP contribution >= 0.6 is 0 Å². The molecule has 0 saturated carbocycles. The summed E-state index contributed by atoms with van der Waals surface area (Å²) in [7, 11) is -2.38. The van der Waals surface area contributed by atoms with Gasteiger partial charge in [-0.15, -0.1) is 0 Å². The molecule has 0 unspecified atom stereocenters. The van der Waals surface area contributed by atoms with Gasteiger partial charge in [0.1, 0.15) is 34.6 Å². The molecule has 1 aromatic heterocycles. The van der Waals surface area contributed by atoms with Gasteiger partial charge in [-0.2, -0.15) is 5.26 Å². The molecule has 7 heteroatoms. The van der Waals surface area contributed by atoms with Crippen LogP contribution < -0.4 is 9.47 Å². The van der Waals surface area contributed by atoms with Gasteiger partial charge in [-0.25, -0.2) is 8.42 Å². The van der Waals surface area contributed by atoms with E-state index >= 15 is 0 Å². The third kappa shape index (κ3) is 4.71. The van der Waals surface area contributed by atoms with Crippen LogP contribution in [0.3, 0.4) is 0 Å². The van der Waals surface area contributed by atoms with Gasteiger partial charge in [-0.3, -0.25) is 4.98 Å². The minimum Gasteiger partial charge on any atom is -0.496 e. The Hall–Kier alpha value is -4.15. The molecule has 0 radical (unpaired) electrons. The summed E-state index contributed by atoms with van der Waals surface area (Å²) in [5.74, 6) is 1.21. The lowest BCUT2D eigenvalue weighted by Gasteiger charge is -2.12. The predicted molar refractivity (Wildman–Crippen MR) is 126 cm³/mol. The van der Waals surface area contributed by atoms with Crippen molar-refractivity contribution >= 4 is 26.8 Å². The number of allylic oxidation sites excluding steroid dienone is 1. The first-order valence-electron chi connectivity index (χ1n) is 10.1. The van der Waals surface area contributed by atoms with E-state index in [0.29, 0.717) is 22.6 Å². The second kappa shape index (κ2) is 9.55. The lowest BCUT2D eigenvalue weighted by molar-refractivity contribution is 0.299. The lowest BCUT2D eigenvalue weighted by Crippen LogP contribution is -2.04. The van der Waals surface area contributed by atoms with Crippen LogP contribution in [0.5, 0.6) is 11.5 Å². The second-order valence-electron chi connectivity index (χ2n) is 7.13. The van der Waals surface area contributed by atoms with E-state index in [0.717, 1.165) is 10.9 Å². The number of nitriles is 1. The SMILES string of the molecule is COc1ccc(/C=C(\C#N)S(=O)(=O)c2ccccc2)cc1COc1cccc2cccnc12. The number of nitrogens with zero attached hydrogens (tertiary/aromatic N) is 2. The number of rotatable bonds is 7. The van der Waals surface area contributed by atoms with Crippen molar-refractivity contribution in [3.63, 3.8) is 0 Å². The van der Waals surface area contributed by atoms with Gasteiger partial charge in [-0.1, -0.05) is 42.5 Å². The van der Waals surface area contributed by atoms with Crippen LogP contribution in [0.4, 0.5) is 0 Å². The first-order valence-corrected chi connectivity index (χ1v) is 11.6. The molecule has 3 aromatic carbocycles. The molecule has 0 spiro atoms. The Labute approximate surface area is 192 Å². The highest BCUT2D eigenvalue weighted by molar-refractivity contribution is 7.95. The van der Waals surface area contributed by atoms with E-state index in [2.05, 4.69) is 4.98 Å². The minimum absolute atomic E-state index is 0.0679. The monoisotopic (exact) mass is 456 g/mol. The van der Waals surface area contributed by atoms with Crippen molar-refractivity contribution in [1.29, 1.82) is 5.26 Å². The summed E-state index contributed by atoms with van der Waals surface area (Å²) >= 11 is 0. The highest BCUT2D eigenvalue weighted by atomic mass is 32.2. The van der Waals surface area contributed by atoms with E-state index < -0.39 is 9.84 Å². The van der Waals surface area contributed by atoms with Crippen LogP contribution in [0.1, 0.15) is 11.1 Å². The molecule has 33 heavy (non-hydrogen) atoms. The third-order valence-corrected chi connectivity index (χ3v) is 6.72. The number of hydrogen-bond acceptors (Lipinski definition) is 6. The topological polar surface area (TPSA) is 89.3 Å². The van der Waals surface area contributed by atoms with E-state index in [4.69, 9.17) is 9.47 Å². The van der Waals surface area contributed by atoms with Crippen LogP contribution in [0, 0.1) is 11.3 Å². The van der Waals surface area contributed by atoms with E-state index in [1.165, 1.54) is 18.2 Å². The molecule has 4 rings (SSSR count). The van der Waals surface area contributed by atoms with E-state index in [-0.39, 0.29) is 16.4 Å². The fraction of sp³-hybridized carbons (Fsp3) is 0.0769. The lowest BCUT2D eigenvalue weighted by atomic mass is 10.1. The average molecular weight is 457 g/mol. The third-order valence-electron chi connectivity index (χ3n) is 5.03. The molecule has 164 valence electrons. The molecule has 0 bridgehead atoms. The Morgan fingerprint density at radius 3 is 2.55 bits per heavy atom. The molecule has 0 atom stereocenters. The van der Waals surface area contributed by atoms with Gasteiger partial charge in [-0.05, 0) is 48.0 Å². The molecular formula is C26H20N2O4S. The molecule has 0 amide bonds. The van der Waals surface area contributed by atoms with Crippen LogP contribution in [-0.2, 0) is 16.4 Å². The van der Waals surface area contributed by atoms with Crippen molar-refractivity contribution in [2.24, 2.45) is 0 Å². The maximum atomic E-state index is 12.9. The number of sulfone groups is 1. The Bertz CT molecular complexity index is 1470. The smallest absolute Gasteiger partial charge is 0.216 e. The molecule has 0 aliphatic carbocycles. The quantitative estimate of drug-likeness (QED) is 0.357.